The van der Waals surface area contributed by atoms with Gasteiger partial charge in [0.05, 0.1) is 5.02 Å². The van der Waals surface area contributed by atoms with Crippen molar-refractivity contribution in [3.8, 4) is 0 Å². The predicted molar refractivity (Wildman–Crippen MR) is 115 cm³/mol. The van der Waals surface area contributed by atoms with E-state index in [0.717, 1.165) is 10.1 Å². The summed E-state index contributed by atoms with van der Waals surface area (Å²) in [7, 11) is 3.39. The van der Waals surface area contributed by atoms with Crippen LogP contribution in [0.25, 0.3) is 10.1 Å². The van der Waals surface area contributed by atoms with Gasteiger partial charge in [0.2, 0.25) is 0 Å². The number of thiophene rings is 1. The van der Waals surface area contributed by atoms with Crippen LogP contribution in [0.5, 0.6) is 0 Å². The zero-order valence-electron chi connectivity index (χ0n) is 14.6. The van der Waals surface area contributed by atoms with Crippen molar-refractivity contribution in [1.29, 1.82) is 0 Å². The molecule has 1 heterocycles. The Morgan fingerprint density at radius 2 is 1.74 bits per heavy atom. The molecule has 0 unspecified atom stereocenters. The molecule has 0 atom stereocenters. The number of rotatable bonds is 3. The van der Waals surface area contributed by atoms with E-state index in [1.54, 1.807) is 38.4 Å². The van der Waals surface area contributed by atoms with E-state index in [2.05, 4.69) is 10.6 Å². The first-order valence-corrected chi connectivity index (χ1v) is 9.58. The van der Waals surface area contributed by atoms with E-state index in [-0.39, 0.29) is 16.9 Å². The quantitative estimate of drug-likeness (QED) is 0.621. The monoisotopic (exact) mass is 417 g/mol. The highest BCUT2D eigenvalue weighted by Gasteiger charge is 2.18. The second-order valence-electron chi connectivity index (χ2n) is 5.93. The molecule has 0 aliphatic heterocycles. The number of amides is 2. The van der Waals surface area contributed by atoms with E-state index < -0.39 is 0 Å². The lowest BCUT2D eigenvalue weighted by molar-refractivity contribution is 0.0827. The summed E-state index contributed by atoms with van der Waals surface area (Å²) >= 11 is 12.8. The summed E-state index contributed by atoms with van der Waals surface area (Å²) in [6.45, 7) is 0. The fraction of sp³-hybridized carbons (Fsp3) is 0.105. The minimum atomic E-state index is -0.363. The van der Waals surface area contributed by atoms with Gasteiger partial charge in [-0.2, -0.15) is 0 Å². The average molecular weight is 418 g/mol. The van der Waals surface area contributed by atoms with Crippen molar-refractivity contribution in [2.45, 2.75) is 0 Å². The number of carbonyl (C=O) groups is 2. The number of hydrogen-bond acceptors (Lipinski definition) is 4. The number of carbonyl (C=O) groups excluding carboxylic acids is 2. The molecular formula is C19H16ClN3O2S2. The molecule has 138 valence electrons. The Hall–Kier alpha value is -2.48. The highest BCUT2D eigenvalue weighted by molar-refractivity contribution is 7.80. The van der Waals surface area contributed by atoms with Crippen LogP contribution in [0.4, 0.5) is 5.69 Å². The molecule has 1 aromatic heterocycles. The number of nitrogens with zero attached hydrogens (tertiary/aromatic N) is 1. The van der Waals surface area contributed by atoms with E-state index in [1.165, 1.54) is 16.2 Å². The van der Waals surface area contributed by atoms with Gasteiger partial charge in [0.25, 0.3) is 11.8 Å². The fourth-order valence-electron chi connectivity index (χ4n) is 2.44. The van der Waals surface area contributed by atoms with Crippen molar-refractivity contribution in [1.82, 2.24) is 10.2 Å². The molecule has 0 bridgehead atoms. The summed E-state index contributed by atoms with van der Waals surface area (Å²) in [6.07, 6.45) is 0. The first-order valence-electron chi connectivity index (χ1n) is 7.98. The lowest BCUT2D eigenvalue weighted by Gasteiger charge is -2.12. The number of benzene rings is 2. The van der Waals surface area contributed by atoms with Gasteiger partial charge in [-0.15, -0.1) is 11.3 Å². The van der Waals surface area contributed by atoms with Crippen LogP contribution in [0.3, 0.4) is 0 Å². The Morgan fingerprint density at radius 1 is 1.07 bits per heavy atom. The van der Waals surface area contributed by atoms with Gasteiger partial charge in [-0.25, -0.2) is 0 Å². The Labute approximate surface area is 170 Å². The van der Waals surface area contributed by atoms with Crippen LogP contribution < -0.4 is 10.6 Å². The van der Waals surface area contributed by atoms with Crippen molar-refractivity contribution in [3.63, 3.8) is 0 Å². The van der Waals surface area contributed by atoms with Gasteiger partial charge in [-0.05, 0) is 42.5 Å². The smallest absolute Gasteiger partial charge is 0.269 e. The van der Waals surface area contributed by atoms with Crippen LogP contribution in [-0.4, -0.2) is 35.9 Å². The van der Waals surface area contributed by atoms with Crippen LogP contribution in [0.2, 0.25) is 5.02 Å². The molecule has 0 saturated heterocycles. The van der Waals surface area contributed by atoms with E-state index in [4.69, 9.17) is 23.8 Å². The van der Waals surface area contributed by atoms with Crippen LogP contribution in [-0.2, 0) is 0 Å². The molecule has 2 amide bonds. The average Bonchev–Trinajstić information content (AvgIpc) is 2.99. The standard InChI is InChI=1S/C19H16ClN3O2S2/c1-23(2)18(25)11-7-9-12(10-8-11)21-19(26)22-17(24)16-15(20)13-5-3-4-6-14(13)27-16/h3-10H,1-2H3,(H2,21,22,24,26). The van der Waals surface area contributed by atoms with Gasteiger partial charge in [-0.1, -0.05) is 29.8 Å². The summed E-state index contributed by atoms with van der Waals surface area (Å²) in [6, 6.07) is 14.4. The maximum Gasteiger partial charge on any atom is 0.269 e. The minimum Gasteiger partial charge on any atom is -0.345 e. The Morgan fingerprint density at radius 3 is 2.37 bits per heavy atom. The van der Waals surface area contributed by atoms with E-state index >= 15 is 0 Å². The number of nitrogens with one attached hydrogen (secondary N) is 2. The van der Waals surface area contributed by atoms with Gasteiger partial charge in [-0.3, -0.25) is 14.9 Å². The van der Waals surface area contributed by atoms with Gasteiger partial charge < -0.3 is 10.2 Å². The number of halogens is 1. The molecule has 0 fully saturated rings. The minimum absolute atomic E-state index is 0.0863. The summed E-state index contributed by atoms with van der Waals surface area (Å²) in [5, 5.41) is 6.98. The second kappa shape index (κ2) is 8.04. The largest absolute Gasteiger partial charge is 0.345 e. The molecule has 0 spiro atoms. The maximum absolute atomic E-state index is 12.5. The maximum atomic E-state index is 12.5. The van der Waals surface area contributed by atoms with Gasteiger partial charge in [0.15, 0.2) is 5.11 Å². The van der Waals surface area contributed by atoms with Gasteiger partial charge in [0, 0.05) is 35.4 Å². The molecule has 8 heteroatoms. The van der Waals surface area contributed by atoms with Crippen LogP contribution in [0, 0.1) is 0 Å². The van der Waals surface area contributed by atoms with E-state index in [9.17, 15) is 9.59 Å². The third-order valence-electron chi connectivity index (χ3n) is 3.76. The molecule has 0 aliphatic rings. The third kappa shape index (κ3) is 4.27. The van der Waals surface area contributed by atoms with Crippen LogP contribution in [0.15, 0.2) is 48.5 Å². The Bertz CT molecular complexity index is 1030. The molecule has 0 radical (unpaired) electrons. The first-order chi connectivity index (χ1) is 12.9. The molecule has 0 aliphatic carbocycles. The van der Waals surface area contributed by atoms with Crippen molar-refractivity contribution < 1.29 is 9.59 Å². The number of hydrogen-bond donors (Lipinski definition) is 2. The van der Waals surface area contributed by atoms with Crippen molar-refractivity contribution >= 4 is 67.9 Å². The van der Waals surface area contributed by atoms with Crippen molar-refractivity contribution in [2.75, 3.05) is 19.4 Å². The SMILES string of the molecule is CN(C)C(=O)c1ccc(NC(=S)NC(=O)c2sc3ccccc3c2Cl)cc1. The van der Waals surface area contributed by atoms with Crippen LogP contribution in [0.1, 0.15) is 20.0 Å². The van der Waals surface area contributed by atoms with E-state index in [0.29, 0.717) is 21.2 Å². The highest BCUT2D eigenvalue weighted by atomic mass is 35.5. The van der Waals surface area contributed by atoms with Crippen molar-refractivity contribution in [3.05, 3.63) is 64.0 Å². The lowest BCUT2D eigenvalue weighted by atomic mass is 10.2. The van der Waals surface area contributed by atoms with Gasteiger partial charge in [0.1, 0.15) is 4.88 Å². The van der Waals surface area contributed by atoms with Crippen molar-refractivity contribution in [2.24, 2.45) is 0 Å². The number of anilines is 1. The molecule has 27 heavy (non-hydrogen) atoms. The third-order valence-corrected chi connectivity index (χ3v) is 5.64. The number of thiocarbonyl (C=S) groups is 1. The van der Waals surface area contributed by atoms with Gasteiger partial charge >= 0.3 is 0 Å². The fourth-order valence-corrected chi connectivity index (χ4v) is 4.06. The second-order valence-corrected chi connectivity index (χ2v) is 7.76. The van der Waals surface area contributed by atoms with Crippen LogP contribution >= 0.6 is 35.2 Å². The molecule has 3 aromatic rings. The summed E-state index contributed by atoms with van der Waals surface area (Å²) in [5.74, 6) is -0.449. The molecule has 2 aromatic carbocycles. The molecule has 3 rings (SSSR count). The zero-order valence-corrected chi connectivity index (χ0v) is 17.0. The first kappa shape index (κ1) is 19.3. The molecular weight excluding hydrogens is 402 g/mol. The normalized spacial score (nSPS) is 10.5. The molecule has 5 nitrogen and oxygen atoms in total. The Kier molecular flexibility index (Phi) is 5.74. The summed E-state index contributed by atoms with van der Waals surface area (Å²) in [4.78, 5) is 26.3. The van der Waals surface area contributed by atoms with E-state index in [1.807, 2.05) is 24.3 Å². The summed E-state index contributed by atoms with van der Waals surface area (Å²) in [5.41, 5.74) is 1.23. The lowest BCUT2D eigenvalue weighted by Crippen LogP contribution is -2.33. The Balaban J connectivity index is 1.67. The highest BCUT2D eigenvalue weighted by Crippen LogP contribution is 2.34. The molecule has 2 N–H and O–H groups in total. The molecule has 0 saturated carbocycles. The predicted octanol–water partition coefficient (Wildman–Crippen LogP) is 4.38. The summed E-state index contributed by atoms with van der Waals surface area (Å²) < 4.78 is 0.938. The topological polar surface area (TPSA) is 61.4 Å². The zero-order chi connectivity index (χ0) is 19.6. The number of fused-ring (bicyclic) bond motifs is 1.